The third kappa shape index (κ3) is 3.79. The zero-order valence-electron chi connectivity index (χ0n) is 19.4. The topological polar surface area (TPSA) is 9.23 Å². The van der Waals surface area contributed by atoms with Crippen LogP contribution in [0.1, 0.15) is 17.0 Å². The summed E-state index contributed by atoms with van der Waals surface area (Å²) in [4.78, 5) is 0. The van der Waals surface area contributed by atoms with Crippen LogP contribution in [0.4, 0.5) is 0 Å². The van der Waals surface area contributed by atoms with Gasteiger partial charge in [0.15, 0.2) is 7.26 Å². The molecule has 1 heterocycles. The number of allylic oxidation sites excluding steroid dienone is 1. The Balaban J connectivity index is 1.69. The molecule has 1 atom stereocenters. The van der Waals surface area contributed by atoms with Gasteiger partial charge in [0.1, 0.15) is 21.7 Å². The molecule has 0 spiro atoms. The van der Waals surface area contributed by atoms with Crippen LogP contribution in [0.5, 0.6) is 5.75 Å². The Bertz CT molecular complexity index is 1350. The van der Waals surface area contributed by atoms with Crippen LogP contribution in [-0.4, -0.2) is 0 Å². The molecular weight excluding hydrogens is 443 g/mol. The fourth-order valence-corrected chi connectivity index (χ4v) is 9.23. The predicted molar refractivity (Wildman–Crippen MR) is 149 cm³/mol. The Labute approximate surface area is 207 Å². The first-order valence-electron chi connectivity index (χ1n) is 12.0. The highest BCUT2D eigenvalue weighted by Gasteiger charge is 2.53. The molecule has 0 fully saturated rings. The van der Waals surface area contributed by atoms with Crippen LogP contribution in [0, 0.1) is 0 Å². The molecule has 0 saturated carbocycles. The van der Waals surface area contributed by atoms with Crippen molar-refractivity contribution in [2.45, 2.75) is 5.92 Å². The lowest BCUT2D eigenvalue weighted by atomic mass is 9.90. The Morgan fingerprint density at radius 2 is 0.886 bits per heavy atom. The second-order valence-electron chi connectivity index (χ2n) is 8.71. The maximum absolute atomic E-state index is 6.92. The van der Waals surface area contributed by atoms with Crippen molar-refractivity contribution < 1.29 is 4.74 Å². The summed E-state index contributed by atoms with van der Waals surface area (Å²) in [6.45, 7) is 0. The van der Waals surface area contributed by atoms with Crippen LogP contribution in [0.3, 0.4) is 0 Å². The van der Waals surface area contributed by atoms with E-state index in [1.54, 1.807) is 0 Å². The quantitative estimate of drug-likeness (QED) is 0.251. The smallest absolute Gasteiger partial charge is 0.258 e. The number of hydrogen-bond acceptors (Lipinski definition) is 1. The van der Waals surface area contributed by atoms with Gasteiger partial charge in [0.05, 0.1) is 0 Å². The fourth-order valence-electron chi connectivity index (χ4n) is 5.11. The second kappa shape index (κ2) is 9.37. The largest absolute Gasteiger partial charge is 0.426 e. The van der Waals surface area contributed by atoms with Crippen LogP contribution in [-0.2, 0) is 0 Å². The van der Waals surface area contributed by atoms with Crippen molar-refractivity contribution in [2.75, 3.05) is 0 Å². The van der Waals surface area contributed by atoms with E-state index in [9.17, 15) is 0 Å². The molecule has 1 aliphatic rings. The van der Waals surface area contributed by atoms with Gasteiger partial charge in [-0.2, -0.15) is 0 Å². The zero-order valence-corrected chi connectivity index (χ0v) is 20.3. The van der Waals surface area contributed by atoms with Crippen molar-refractivity contribution in [3.63, 3.8) is 0 Å². The van der Waals surface area contributed by atoms with Crippen molar-refractivity contribution in [2.24, 2.45) is 0 Å². The molecule has 1 aliphatic heterocycles. The highest BCUT2D eigenvalue weighted by Crippen LogP contribution is 2.64. The lowest BCUT2D eigenvalue weighted by Crippen LogP contribution is -2.34. The predicted octanol–water partition coefficient (Wildman–Crippen LogP) is 7.05. The molecule has 168 valence electrons. The van der Waals surface area contributed by atoms with Gasteiger partial charge in [-0.25, -0.2) is 0 Å². The summed E-state index contributed by atoms with van der Waals surface area (Å²) >= 11 is 0. The van der Waals surface area contributed by atoms with E-state index in [0.29, 0.717) is 0 Å². The third-order valence-corrected chi connectivity index (χ3v) is 10.8. The Morgan fingerprint density at radius 3 is 1.40 bits per heavy atom. The number of fused-ring (bicyclic) bond motifs is 1. The minimum Gasteiger partial charge on any atom is -0.426 e. The van der Waals surface area contributed by atoms with Crippen LogP contribution < -0.4 is 20.7 Å². The van der Waals surface area contributed by atoms with E-state index in [1.165, 1.54) is 27.0 Å². The van der Waals surface area contributed by atoms with Crippen molar-refractivity contribution in [1.29, 1.82) is 0 Å². The molecule has 0 radical (unpaired) electrons. The molecule has 0 saturated heterocycles. The summed E-state index contributed by atoms with van der Waals surface area (Å²) in [6.07, 6.45) is 2.37. The van der Waals surface area contributed by atoms with E-state index in [0.717, 1.165) is 11.2 Å². The molecule has 0 amide bonds. The first-order chi connectivity index (χ1) is 17.4. The van der Waals surface area contributed by atoms with Crippen molar-refractivity contribution >= 4 is 23.2 Å². The SMILES string of the molecule is C1=C([P+](c2ccccc2)(c2ccccc2)c2ccccc2)Oc2ccccc2[C@H]1c1ccccc1. The van der Waals surface area contributed by atoms with E-state index in [-0.39, 0.29) is 5.92 Å². The molecule has 0 aromatic heterocycles. The molecule has 0 bridgehead atoms. The molecule has 0 aliphatic carbocycles. The van der Waals surface area contributed by atoms with Gasteiger partial charge < -0.3 is 4.74 Å². The normalized spacial score (nSPS) is 15.0. The number of ether oxygens (including phenoxy) is 1. The summed E-state index contributed by atoms with van der Waals surface area (Å²) in [5, 5.41) is 3.86. The van der Waals surface area contributed by atoms with Crippen LogP contribution in [0.2, 0.25) is 0 Å². The Hall–Kier alpha value is -3.93. The van der Waals surface area contributed by atoms with E-state index in [2.05, 4.69) is 152 Å². The number of rotatable bonds is 5. The highest BCUT2D eigenvalue weighted by molar-refractivity contribution is 7.98. The second-order valence-corrected chi connectivity index (χ2v) is 12.0. The van der Waals surface area contributed by atoms with Gasteiger partial charge in [-0.1, -0.05) is 103 Å². The molecule has 5 aromatic carbocycles. The van der Waals surface area contributed by atoms with Crippen molar-refractivity contribution in [3.8, 4) is 5.75 Å². The van der Waals surface area contributed by atoms with Crippen LogP contribution in [0.25, 0.3) is 0 Å². The first kappa shape index (κ1) is 21.6. The minimum atomic E-state index is -2.30. The van der Waals surface area contributed by atoms with E-state index < -0.39 is 7.26 Å². The summed E-state index contributed by atoms with van der Waals surface area (Å²) < 4.78 is 6.92. The summed E-state index contributed by atoms with van der Waals surface area (Å²) in [5.74, 6) is 1.05. The van der Waals surface area contributed by atoms with Crippen molar-refractivity contribution in [1.82, 2.24) is 0 Å². The van der Waals surface area contributed by atoms with Gasteiger partial charge in [-0.05, 0) is 48.0 Å². The zero-order chi connectivity index (χ0) is 23.5. The average molecular weight is 470 g/mol. The number of benzene rings is 5. The maximum Gasteiger partial charge on any atom is 0.258 e. The van der Waals surface area contributed by atoms with Crippen molar-refractivity contribution in [3.05, 3.63) is 168 Å². The third-order valence-electron chi connectivity index (χ3n) is 6.70. The molecule has 5 aromatic rings. The summed E-state index contributed by atoms with van der Waals surface area (Å²) in [6, 6.07) is 51.9. The molecule has 0 N–H and O–H groups in total. The molecule has 2 heteroatoms. The minimum absolute atomic E-state index is 0.117. The Kier molecular flexibility index (Phi) is 5.78. The monoisotopic (exact) mass is 469 g/mol. The van der Waals surface area contributed by atoms with Crippen LogP contribution >= 0.6 is 7.26 Å². The maximum atomic E-state index is 6.92. The average Bonchev–Trinajstić information content (AvgIpc) is 2.95. The van der Waals surface area contributed by atoms with Gasteiger partial charge >= 0.3 is 0 Å². The molecule has 0 unspecified atom stereocenters. The lowest BCUT2D eigenvalue weighted by molar-refractivity contribution is 0.441. The van der Waals surface area contributed by atoms with Gasteiger partial charge in [0.2, 0.25) is 0 Å². The van der Waals surface area contributed by atoms with E-state index >= 15 is 0 Å². The summed E-state index contributed by atoms with van der Waals surface area (Å²) in [5.41, 5.74) is 3.51. The molecule has 6 rings (SSSR count). The summed E-state index contributed by atoms with van der Waals surface area (Å²) in [7, 11) is -2.30. The van der Waals surface area contributed by atoms with Gasteiger partial charge in [0.25, 0.3) is 5.50 Å². The Morgan fingerprint density at radius 1 is 0.457 bits per heavy atom. The van der Waals surface area contributed by atoms with Gasteiger partial charge in [0, 0.05) is 17.6 Å². The molecule has 35 heavy (non-hydrogen) atoms. The highest BCUT2D eigenvalue weighted by atomic mass is 31.2. The van der Waals surface area contributed by atoms with Crippen LogP contribution in [0.15, 0.2) is 157 Å². The standard InChI is InChI=1S/C33H26OP/c1-5-15-26(16-6-1)31-25-33(34-32-24-14-13-23-30(31)32)35(27-17-7-2-8-18-27,28-19-9-3-10-20-28)29-21-11-4-12-22-29/h1-25,31H/q+1/t31-/m1/s1. The molecular formula is C33H26OP+. The number of hydrogen-bond donors (Lipinski definition) is 0. The van der Waals surface area contributed by atoms with Gasteiger partial charge in [-0.15, -0.1) is 0 Å². The van der Waals surface area contributed by atoms with E-state index in [4.69, 9.17) is 4.74 Å². The van der Waals surface area contributed by atoms with E-state index in [1.807, 2.05) is 0 Å². The molecule has 1 nitrogen and oxygen atoms in total. The van der Waals surface area contributed by atoms with Gasteiger partial charge in [-0.3, -0.25) is 0 Å². The lowest BCUT2D eigenvalue weighted by Gasteiger charge is -2.33. The number of para-hydroxylation sites is 1. The fraction of sp³-hybridized carbons (Fsp3) is 0.0303. The first-order valence-corrected chi connectivity index (χ1v) is 13.8.